The van der Waals surface area contributed by atoms with Crippen molar-refractivity contribution in [1.82, 2.24) is 4.98 Å². The molecular weight excluding hydrogens is 284 g/mol. The monoisotopic (exact) mass is 304 g/mol. The number of ether oxygens (including phenoxy) is 1. The maximum Gasteiger partial charge on any atom is 0.187 e. The molecule has 1 aromatic heterocycles. The maximum atomic E-state index is 9.96. The van der Waals surface area contributed by atoms with Crippen molar-refractivity contribution >= 4 is 26.7 Å². The number of fused-ring (bicyclic) bond motifs is 3. The number of piperidine rings is 1. The van der Waals surface area contributed by atoms with Crippen molar-refractivity contribution in [3.8, 4) is 5.75 Å². The van der Waals surface area contributed by atoms with Crippen LogP contribution in [0, 0.1) is 6.92 Å². The molecule has 2 saturated heterocycles. The molecule has 0 radical (unpaired) electrons. The average molecular weight is 304 g/mol. The van der Waals surface area contributed by atoms with Crippen LogP contribution in [0.5, 0.6) is 5.75 Å². The molecule has 0 saturated carbocycles. The molecule has 3 heterocycles. The first kappa shape index (κ1) is 13.3. The number of aliphatic hydroxyl groups is 1. The van der Waals surface area contributed by atoms with Gasteiger partial charge in [0.1, 0.15) is 11.3 Å². The molecule has 4 rings (SSSR count). The third-order valence-corrected chi connectivity index (χ3v) is 6.05. The van der Waals surface area contributed by atoms with Crippen molar-refractivity contribution in [2.24, 2.45) is 0 Å². The minimum Gasteiger partial charge on any atom is -0.494 e. The van der Waals surface area contributed by atoms with E-state index in [9.17, 15) is 5.11 Å². The van der Waals surface area contributed by atoms with E-state index in [1.165, 1.54) is 23.1 Å². The Hall–Kier alpha value is -1.33. The summed E-state index contributed by atoms with van der Waals surface area (Å²) in [6.07, 6.45) is 3.97. The van der Waals surface area contributed by atoms with Gasteiger partial charge in [0.2, 0.25) is 0 Å². The lowest BCUT2D eigenvalue weighted by Crippen LogP contribution is -2.44. The summed E-state index contributed by atoms with van der Waals surface area (Å²) < 4.78 is 6.67. The standard InChI is InChI=1S/C16H20N2O2S/c1-9-3-6-13(20-2)14-15(9)21-16(17-14)18-10-4-5-11(18)8-12(19)7-10/h3,6,10-12,19H,4-5,7-8H2,1-2H3. The van der Waals surface area contributed by atoms with Gasteiger partial charge in [-0.1, -0.05) is 17.4 Å². The fourth-order valence-corrected chi connectivity index (χ4v) is 5.03. The summed E-state index contributed by atoms with van der Waals surface area (Å²) in [6, 6.07) is 4.99. The number of hydrogen-bond acceptors (Lipinski definition) is 5. The highest BCUT2D eigenvalue weighted by Crippen LogP contribution is 2.44. The quantitative estimate of drug-likeness (QED) is 0.926. The number of aromatic nitrogens is 1. The highest BCUT2D eigenvalue weighted by Gasteiger charge is 2.41. The Morgan fingerprint density at radius 2 is 2.00 bits per heavy atom. The van der Waals surface area contributed by atoms with Crippen LogP contribution < -0.4 is 9.64 Å². The van der Waals surface area contributed by atoms with E-state index in [0.717, 1.165) is 29.2 Å². The second-order valence-corrected chi connectivity index (χ2v) is 7.15. The Labute approximate surface area is 128 Å². The first-order chi connectivity index (χ1) is 10.2. The molecule has 2 aromatic rings. The number of thiazole rings is 1. The summed E-state index contributed by atoms with van der Waals surface area (Å²) in [4.78, 5) is 7.33. The highest BCUT2D eigenvalue weighted by atomic mass is 32.1. The van der Waals surface area contributed by atoms with Crippen LogP contribution in [-0.2, 0) is 0 Å². The molecule has 2 bridgehead atoms. The lowest BCUT2D eigenvalue weighted by atomic mass is 10.0. The van der Waals surface area contributed by atoms with E-state index >= 15 is 0 Å². The van der Waals surface area contributed by atoms with Crippen LogP contribution in [0.25, 0.3) is 10.2 Å². The van der Waals surface area contributed by atoms with Crippen LogP contribution in [0.15, 0.2) is 12.1 Å². The second kappa shape index (κ2) is 4.85. The first-order valence-electron chi connectivity index (χ1n) is 7.58. The van der Waals surface area contributed by atoms with Crippen molar-refractivity contribution in [3.63, 3.8) is 0 Å². The molecule has 2 fully saturated rings. The third-order valence-electron chi connectivity index (χ3n) is 4.84. The van der Waals surface area contributed by atoms with Crippen LogP contribution in [-0.4, -0.2) is 35.4 Å². The van der Waals surface area contributed by atoms with E-state index < -0.39 is 0 Å². The van der Waals surface area contributed by atoms with Crippen LogP contribution in [0.1, 0.15) is 31.2 Å². The van der Waals surface area contributed by atoms with Gasteiger partial charge in [0.15, 0.2) is 5.13 Å². The van der Waals surface area contributed by atoms with Crippen LogP contribution in [0.2, 0.25) is 0 Å². The van der Waals surface area contributed by atoms with Crippen LogP contribution in [0.3, 0.4) is 0 Å². The molecule has 4 nitrogen and oxygen atoms in total. The van der Waals surface area contributed by atoms with Gasteiger partial charge in [-0.05, 0) is 44.2 Å². The van der Waals surface area contributed by atoms with Gasteiger partial charge in [-0.15, -0.1) is 0 Å². The van der Waals surface area contributed by atoms with Gasteiger partial charge in [0, 0.05) is 12.1 Å². The zero-order chi connectivity index (χ0) is 14.6. The second-order valence-electron chi connectivity index (χ2n) is 6.18. The van der Waals surface area contributed by atoms with Crippen molar-refractivity contribution in [2.45, 2.75) is 50.8 Å². The van der Waals surface area contributed by atoms with Crippen molar-refractivity contribution in [1.29, 1.82) is 0 Å². The smallest absolute Gasteiger partial charge is 0.187 e. The molecule has 1 aromatic carbocycles. The molecule has 5 heteroatoms. The minimum absolute atomic E-state index is 0.135. The molecule has 0 amide bonds. The Morgan fingerprint density at radius 1 is 1.29 bits per heavy atom. The lowest BCUT2D eigenvalue weighted by molar-refractivity contribution is 0.126. The van der Waals surface area contributed by atoms with E-state index in [4.69, 9.17) is 9.72 Å². The van der Waals surface area contributed by atoms with Crippen molar-refractivity contribution < 1.29 is 9.84 Å². The van der Waals surface area contributed by atoms with Gasteiger partial charge in [-0.3, -0.25) is 0 Å². The Kier molecular flexibility index (Phi) is 3.08. The molecule has 2 aliphatic rings. The van der Waals surface area contributed by atoms with E-state index in [0.29, 0.717) is 12.1 Å². The van der Waals surface area contributed by atoms with Gasteiger partial charge in [0.05, 0.1) is 17.9 Å². The number of aliphatic hydroxyl groups excluding tert-OH is 1. The molecule has 2 aliphatic heterocycles. The zero-order valence-corrected chi connectivity index (χ0v) is 13.2. The van der Waals surface area contributed by atoms with E-state index in [1.807, 2.05) is 6.07 Å². The lowest BCUT2D eigenvalue weighted by Gasteiger charge is -2.36. The van der Waals surface area contributed by atoms with Crippen LogP contribution >= 0.6 is 11.3 Å². The number of methoxy groups -OCH3 is 1. The molecule has 2 unspecified atom stereocenters. The van der Waals surface area contributed by atoms with Crippen molar-refractivity contribution in [3.05, 3.63) is 17.7 Å². The summed E-state index contributed by atoms with van der Waals surface area (Å²) in [5.74, 6) is 0.850. The Balaban J connectivity index is 1.80. The topological polar surface area (TPSA) is 45.6 Å². The maximum absolute atomic E-state index is 9.96. The largest absolute Gasteiger partial charge is 0.494 e. The number of rotatable bonds is 2. The van der Waals surface area contributed by atoms with Gasteiger partial charge >= 0.3 is 0 Å². The zero-order valence-electron chi connectivity index (χ0n) is 12.4. The normalized spacial score (nSPS) is 28.3. The summed E-state index contributed by atoms with van der Waals surface area (Å²) in [7, 11) is 1.70. The SMILES string of the molecule is COc1ccc(C)c2sc(N3C4CCC3CC(O)C4)nc12. The van der Waals surface area contributed by atoms with E-state index in [-0.39, 0.29) is 6.10 Å². The van der Waals surface area contributed by atoms with E-state index in [2.05, 4.69) is 17.9 Å². The highest BCUT2D eigenvalue weighted by molar-refractivity contribution is 7.22. The molecule has 112 valence electrons. The fraction of sp³-hybridized carbons (Fsp3) is 0.562. The summed E-state index contributed by atoms with van der Waals surface area (Å²) in [6.45, 7) is 2.12. The number of benzene rings is 1. The van der Waals surface area contributed by atoms with Crippen LogP contribution in [0.4, 0.5) is 5.13 Å². The molecule has 2 atom stereocenters. The number of hydrogen-bond donors (Lipinski definition) is 1. The average Bonchev–Trinajstić information content (AvgIpc) is 3.00. The van der Waals surface area contributed by atoms with Gasteiger partial charge < -0.3 is 14.7 Å². The molecule has 0 aliphatic carbocycles. The first-order valence-corrected chi connectivity index (χ1v) is 8.39. The predicted octanol–water partition coefficient (Wildman–Crippen LogP) is 3.11. The van der Waals surface area contributed by atoms with Crippen molar-refractivity contribution in [2.75, 3.05) is 12.0 Å². The predicted molar refractivity (Wildman–Crippen MR) is 85.4 cm³/mol. The summed E-state index contributed by atoms with van der Waals surface area (Å²) in [5, 5.41) is 11.1. The number of anilines is 1. The molecule has 0 spiro atoms. The minimum atomic E-state index is -0.135. The van der Waals surface area contributed by atoms with Gasteiger partial charge in [-0.2, -0.15) is 0 Å². The third kappa shape index (κ3) is 2.02. The molecule has 1 N–H and O–H groups in total. The number of nitrogens with zero attached hydrogens (tertiary/aromatic N) is 2. The Morgan fingerprint density at radius 3 is 2.67 bits per heavy atom. The van der Waals surface area contributed by atoms with Gasteiger partial charge in [-0.25, -0.2) is 4.98 Å². The molecular formula is C16H20N2O2S. The van der Waals surface area contributed by atoms with Gasteiger partial charge in [0.25, 0.3) is 0 Å². The fourth-order valence-electron chi connectivity index (χ4n) is 3.83. The van der Waals surface area contributed by atoms with E-state index in [1.54, 1.807) is 18.4 Å². The summed E-state index contributed by atoms with van der Waals surface area (Å²) in [5.41, 5.74) is 2.22. The Bertz CT molecular complexity index is 670. The molecule has 21 heavy (non-hydrogen) atoms. The summed E-state index contributed by atoms with van der Waals surface area (Å²) >= 11 is 1.76. The number of aryl methyl sites for hydroxylation is 1.